The zero-order chi connectivity index (χ0) is 21.9. The molecule has 0 atom stereocenters. The maximum atomic E-state index is 12.8. The predicted octanol–water partition coefficient (Wildman–Crippen LogP) is 2.96. The summed E-state index contributed by atoms with van der Waals surface area (Å²) in [5.74, 6) is -1.94. The van der Waals surface area contributed by atoms with Gasteiger partial charge in [-0.3, -0.25) is 9.59 Å². The molecule has 2 aromatic carbocycles. The summed E-state index contributed by atoms with van der Waals surface area (Å²) in [6.45, 7) is 9.92. The number of nitrogens with one attached hydrogen (secondary N) is 2. The van der Waals surface area contributed by atoms with E-state index in [1.807, 2.05) is 0 Å². The third-order valence-electron chi connectivity index (χ3n) is 3.83. The number of aromatic hydroxyl groups is 2. The van der Waals surface area contributed by atoms with E-state index in [-0.39, 0.29) is 32.3 Å². The second-order valence-electron chi connectivity index (χ2n) is 6.33. The molecule has 0 aliphatic rings. The molecule has 0 aliphatic carbocycles. The van der Waals surface area contributed by atoms with Gasteiger partial charge in [0.1, 0.15) is 11.5 Å². The second kappa shape index (κ2) is 8.19. The van der Waals surface area contributed by atoms with Crippen molar-refractivity contribution in [3.8, 4) is 11.5 Å². The Hall–Kier alpha value is -3.59. The van der Waals surface area contributed by atoms with Crippen LogP contribution in [0.15, 0.2) is 70.5 Å². The Kier molecular flexibility index (Phi) is 6.13. The lowest BCUT2D eigenvalue weighted by atomic mass is 10.2. The summed E-state index contributed by atoms with van der Waals surface area (Å²) in [4.78, 5) is 22.8. The van der Waals surface area contributed by atoms with Crippen molar-refractivity contribution in [1.82, 2.24) is 0 Å². The van der Waals surface area contributed by atoms with Crippen LogP contribution in [0.25, 0.3) is 0 Å². The molecule has 0 saturated heterocycles. The average Bonchev–Trinajstić information content (AvgIpc) is 2.64. The van der Waals surface area contributed by atoms with Gasteiger partial charge in [0.2, 0.25) is 9.84 Å². The van der Waals surface area contributed by atoms with Gasteiger partial charge in [0.15, 0.2) is 0 Å². The zero-order valence-electron chi connectivity index (χ0n) is 15.8. The van der Waals surface area contributed by atoms with Crippen molar-refractivity contribution in [3.63, 3.8) is 0 Å². The first kappa shape index (κ1) is 21.7. The molecule has 29 heavy (non-hydrogen) atoms. The van der Waals surface area contributed by atoms with Gasteiger partial charge in [0, 0.05) is 23.3 Å². The van der Waals surface area contributed by atoms with Crippen LogP contribution in [0.5, 0.6) is 11.5 Å². The van der Waals surface area contributed by atoms with E-state index in [1.54, 1.807) is 0 Å². The molecule has 2 aromatic rings. The molecule has 0 spiro atoms. The standard InChI is InChI=1S/C20H20N2O6S/c1-11(2)19(25)21-15-7-5-13(9-17(15)23)29(27,28)14-6-8-16(18(24)10-14)22-20(26)12(3)4/h5-10,23-24H,1,3H2,2,4H3,(H,21,25)(H,22,26). The smallest absolute Gasteiger partial charge is 0.250 e. The third-order valence-corrected chi connectivity index (χ3v) is 5.58. The van der Waals surface area contributed by atoms with E-state index >= 15 is 0 Å². The Morgan fingerprint density at radius 3 is 1.41 bits per heavy atom. The van der Waals surface area contributed by atoms with Crippen LogP contribution >= 0.6 is 0 Å². The van der Waals surface area contributed by atoms with Gasteiger partial charge >= 0.3 is 0 Å². The summed E-state index contributed by atoms with van der Waals surface area (Å²) < 4.78 is 25.6. The number of phenols is 2. The number of anilines is 2. The molecule has 9 heteroatoms. The van der Waals surface area contributed by atoms with Crippen LogP contribution in [0.4, 0.5) is 11.4 Å². The predicted molar refractivity (Wildman–Crippen MR) is 109 cm³/mol. The molecule has 0 fully saturated rings. The molecular formula is C20H20N2O6S. The SMILES string of the molecule is C=C(C)C(=O)Nc1ccc(S(=O)(=O)c2ccc(NC(=O)C(=C)C)c(O)c2)cc1O. The van der Waals surface area contributed by atoms with Crippen LogP contribution in [0.1, 0.15) is 13.8 Å². The van der Waals surface area contributed by atoms with E-state index < -0.39 is 33.2 Å². The number of amides is 2. The van der Waals surface area contributed by atoms with Crippen molar-refractivity contribution in [2.24, 2.45) is 0 Å². The molecule has 0 saturated carbocycles. The summed E-state index contributed by atoms with van der Waals surface area (Å²) in [5, 5.41) is 24.9. The van der Waals surface area contributed by atoms with Gasteiger partial charge in [0.25, 0.3) is 11.8 Å². The lowest BCUT2D eigenvalue weighted by Crippen LogP contribution is -2.12. The first-order valence-electron chi connectivity index (χ1n) is 8.28. The van der Waals surface area contributed by atoms with E-state index in [4.69, 9.17) is 0 Å². The molecule has 0 aliphatic heterocycles. The van der Waals surface area contributed by atoms with Crippen LogP contribution < -0.4 is 10.6 Å². The highest BCUT2D eigenvalue weighted by Gasteiger charge is 2.21. The molecule has 0 aromatic heterocycles. The summed E-state index contributed by atoms with van der Waals surface area (Å²) >= 11 is 0. The van der Waals surface area contributed by atoms with Crippen molar-refractivity contribution in [3.05, 3.63) is 60.7 Å². The fourth-order valence-electron chi connectivity index (χ4n) is 2.16. The van der Waals surface area contributed by atoms with Crippen molar-refractivity contribution in [1.29, 1.82) is 0 Å². The molecule has 2 rings (SSSR count). The minimum absolute atomic E-state index is 0.0256. The fourth-order valence-corrected chi connectivity index (χ4v) is 3.46. The maximum absolute atomic E-state index is 12.8. The number of benzene rings is 2. The summed E-state index contributed by atoms with van der Waals surface area (Å²) in [7, 11) is -4.09. The monoisotopic (exact) mass is 416 g/mol. The molecule has 0 heterocycles. The Labute approximate surface area is 168 Å². The summed E-state index contributed by atoms with van der Waals surface area (Å²) in [6, 6.07) is 6.86. The first-order valence-corrected chi connectivity index (χ1v) is 9.76. The van der Waals surface area contributed by atoms with E-state index in [1.165, 1.54) is 38.1 Å². The number of carbonyl (C=O) groups excluding carboxylic acids is 2. The normalized spacial score (nSPS) is 10.8. The van der Waals surface area contributed by atoms with Crippen LogP contribution in [0, 0.1) is 0 Å². The van der Waals surface area contributed by atoms with E-state index in [2.05, 4.69) is 23.8 Å². The maximum Gasteiger partial charge on any atom is 0.250 e. The Balaban J connectivity index is 2.35. The molecule has 0 radical (unpaired) electrons. The van der Waals surface area contributed by atoms with Gasteiger partial charge in [-0.15, -0.1) is 0 Å². The zero-order valence-corrected chi connectivity index (χ0v) is 16.6. The van der Waals surface area contributed by atoms with Gasteiger partial charge in [-0.05, 0) is 38.1 Å². The highest BCUT2D eigenvalue weighted by atomic mass is 32.2. The number of hydrogen-bond donors (Lipinski definition) is 4. The molecule has 4 N–H and O–H groups in total. The van der Waals surface area contributed by atoms with E-state index in [9.17, 15) is 28.2 Å². The third kappa shape index (κ3) is 4.82. The second-order valence-corrected chi connectivity index (χ2v) is 8.28. The Bertz CT molecular complexity index is 1050. The minimum Gasteiger partial charge on any atom is -0.506 e. The quantitative estimate of drug-likeness (QED) is 0.423. The molecular weight excluding hydrogens is 396 g/mol. The van der Waals surface area contributed by atoms with Crippen LogP contribution in [0.3, 0.4) is 0 Å². The van der Waals surface area contributed by atoms with Crippen molar-refractivity contribution in [2.75, 3.05) is 10.6 Å². The number of hydrogen-bond acceptors (Lipinski definition) is 6. The van der Waals surface area contributed by atoms with Crippen molar-refractivity contribution < 1.29 is 28.2 Å². The van der Waals surface area contributed by atoms with E-state index in [0.717, 1.165) is 12.1 Å². The van der Waals surface area contributed by atoms with Crippen molar-refractivity contribution in [2.45, 2.75) is 23.6 Å². The fraction of sp³-hybridized carbons (Fsp3) is 0.100. The molecule has 2 amide bonds. The molecule has 0 unspecified atom stereocenters. The lowest BCUT2D eigenvalue weighted by molar-refractivity contribution is -0.113. The van der Waals surface area contributed by atoms with Crippen molar-refractivity contribution >= 4 is 33.0 Å². The minimum atomic E-state index is -4.09. The summed E-state index contributed by atoms with van der Waals surface area (Å²) in [5.41, 5.74) is 0.487. The van der Waals surface area contributed by atoms with Gasteiger partial charge in [-0.1, -0.05) is 13.2 Å². The Morgan fingerprint density at radius 2 is 1.14 bits per heavy atom. The summed E-state index contributed by atoms with van der Waals surface area (Å²) in [6.07, 6.45) is 0. The number of carbonyl (C=O) groups is 2. The molecule has 152 valence electrons. The Morgan fingerprint density at radius 1 is 0.793 bits per heavy atom. The van der Waals surface area contributed by atoms with Crippen LogP contribution in [-0.2, 0) is 19.4 Å². The van der Waals surface area contributed by atoms with Gasteiger partial charge in [-0.25, -0.2) is 8.42 Å². The van der Waals surface area contributed by atoms with Gasteiger partial charge < -0.3 is 20.8 Å². The van der Waals surface area contributed by atoms with Crippen LogP contribution in [0.2, 0.25) is 0 Å². The first-order chi connectivity index (χ1) is 13.4. The number of phenolic OH excluding ortho intramolecular Hbond substituents is 2. The topological polar surface area (TPSA) is 133 Å². The van der Waals surface area contributed by atoms with Gasteiger partial charge in [0.05, 0.1) is 21.2 Å². The number of rotatable bonds is 6. The number of sulfone groups is 1. The largest absolute Gasteiger partial charge is 0.506 e. The van der Waals surface area contributed by atoms with Crippen LogP contribution in [-0.4, -0.2) is 30.4 Å². The van der Waals surface area contributed by atoms with E-state index in [0.29, 0.717) is 0 Å². The molecule has 8 nitrogen and oxygen atoms in total. The average molecular weight is 416 g/mol. The highest BCUT2D eigenvalue weighted by molar-refractivity contribution is 7.91. The molecule has 0 bridgehead atoms. The van der Waals surface area contributed by atoms with Gasteiger partial charge in [-0.2, -0.15) is 0 Å². The highest BCUT2D eigenvalue weighted by Crippen LogP contribution is 2.33. The lowest BCUT2D eigenvalue weighted by Gasteiger charge is -2.11.